The second kappa shape index (κ2) is 6.83. The fourth-order valence-corrected chi connectivity index (χ4v) is 2.91. The quantitative estimate of drug-likeness (QED) is 0.234. The lowest BCUT2D eigenvalue weighted by Crippen LogP contribution is -2.49. The molecule has 0 fully saturated rings. The summed E-state index contributed by atoms with van der Waals surface area (Å²) >= 11 is 0. The van der Waals surface area contributed by atoms with Gasteiger partial charge in [0.05, 0.1) is 6.26 Å². The van der Waals surface area contributed by atoms with Gasteiger partial charge in [-0.1, -0.05) is 5.16 Å². The fourth-order valence-electron chi connectivity index (χ4n) is 1.83. The molecule has 0 aliphatic heterocycles. The van der Waals surface area contributed by atoms with Crippen LogP contribution in [0.1, 0.15) is 25.1 Å². The SMILES string of the molecule is CC(C)(CNCc1ccnc(C(N)=NO)c1)NS(C)(=O)=O. The number of hydrogen-bond donors (Lipinski definition) is 4. The van der Waals surface area contributed by atoms with Gasteiger partial charge in [-0.3, -0.25) is 4.98 Å². The lowest BCUT2D eigenvalue weighted by Gasteiger charge is -2.25. The molecule has 0 atom stereocenters. The molecule has 0 saturated heterocycles. The first kappa shape index (κ1) is 17.3. The summed E-state index contributed by atoms with van der Waals surface area (Å²) in [6, 6.07) is 3.48. The van der Waals surface area contributed by atoms with Gasteiger partial charge in [-0.05, 0) is 31.5 Å². The van der Waals surface area contributed by atoms with Crippen molar-refractivity contribution in [3.05, 3.63) is 29.6 Å². The molecule has 0 radical (unpaired) electrons. The molecule has 0 amide bonds. The van der Waals surface area contributed by atoms with Crippen molar-refractivity contribution >= 4 is 15.9 Å². The van der Waals surface area contributed by atoms with Crippen LogP contribution in [-0.2, 0) is 16.6 Å². The molecule has 9 heteroatoms. The van der Waals surface area contributed by atoms with Gasteiger partial charge in [0.15, 0.2) is 5.84 Å². The molecule has 5 N–H and O–H groups in total. The van der Waals surface area contributed by atoms with E-state index in [9.17, 15) is 8.42 Å². The smallest absolute Gasteiger partial charge is 0.209 e. The van der Waals surface area contributed by atoms with Crippen LogP contribution in [0, 0.1) is 0 Å². The normalized spacial score (nSPS) is 13.4. The Hall–Kier alpha value is -1.71. The summed E-state index contributed by atoms with van der Waals surface area (Å²) in [4.78, 5) is 3.98. The number of rotatable bonds is 7. The molecule has 1 aromatic rings. The highest BCUT2D eigenvalue weighted by Crippen LogP contribution is 2.05. The van der Waals surface area contributed by atoms with Crippen molar-refractivity contribution in [1.82, 2.24) is 15.0 Å². The Kier molecular flexibility index (Phi) is 5.64. The summed E-state index contributed by atoms with van der Waals surface area (Å²) in [5.74, 6) is -0.0593. The molecule has 0 spiro atoms. The molecule has 1 rings (SSSR count). The van der Waals surface area contributed by atoms with E-state index in [1.54, 1.807) is 32.2 Å². The summed E-state index contributed by atoms with van der Waals surface area (Å²) in [5.41, 5.74) is 6.14. The van der Waals surface area contributed by atoms with Gasteiger partial charge in [0, 0.05) is 24.8 Å². The molecule has 118 valence electrons. The van der Waals surface area contributed by atoms with Crippen LogP contribution in [0.25, 0.3) is 0 Å². The van der Waals surface area contributed by atoms with Gasteiger partial charge in [-0.25, -0.2) is 13.1 Å². The average Bonchev–Trinajstić information content (AvgIpc) is 2.35. The van der Waals surface area contributed by atoms with Crippen molar-refractivity contribution in [2.45, 2.75) is 25.9 Å². The summed E-state index contributed by atoms with van der Waals surface area (Å²) in [6.45, 7) is 4.52. The first-order chi connectivity index (χ1) is 9.63. The van der Waals surface area contributed by atoms with Crippen molar-refractivity contribution in [1.29, 1.82) is 0 Å². The number of pyridine rings is 1. The number of nitrogens with one attached hydrogen (secondary N) is 2. The lowest BCUT2D eigenvalue weighted by atomic mass is 10.1. The van der Waals surface area contributed by atoms with E-state index >= 15 is 0 Å². The standard InChI is InChI=1S/C12H21N5O3S/c1-12(2,17-21(3,19)20)8-14-7-9-4-5-15-10(6-9)11(13)16-18/h4-6,14,17-18H,7-8H2,1-3H3,(H2,13,16). The van der Waals surface area contributed by atoms with Crippen molar-refractivity contribution in [3.8, 4) is 0 Å². The molecular formula is C12H21N5O3S. The van der Waals surface area contributed by atoms with Crippen LogP contribution >= 0.6 is 0 Å². The van der Waals surface area contributed by atoms with Crippen LogP contribution in [0.2, 0.25) is 0 Å². The number of sulfonamides is 1. The molecule has 0 aliphatic carbocycles. The van der Waals surface area contributed by atoms with Crippen molar-refractivity contribution in [2.24, 2.45) is 10.9 Å². The van der Waals surface area contributed by atoms with Crippen LogP contribution in [0.4, 0.5) is 0 Å². The minimum atomic E-state index is -3.26. The second-order valence-electron chi connectivity index (χ2n) is 5.40. The highest BCUT2D eigenvalue weighted by molar-refractivity contribution is 7.88. The van der Waals surface area contributed by atoms with Crippen LogP contribution in [0.3, 0.4) is 0 Å². The van der Waals surface area contributed by atoms with E-state index in [0.29, 0.717) is 18.8 Å². The molecular weight excluding hydrogens is 294 g/mol. The Bertz CT molecular complexity index is 613. The summed E-state index contributed by atoms with van der Waals surface area (Å²) < 4.78 is 25.0. The van der Waals surface area contributed by atoms with Crippen molar-refractivity contribution in [2.75, 3.05) is 12.8 Å². The Balaban J connectivity index is 2.60. The number of oxime groups is 1. The molecule has 1 heterocycles. The number of hydrogen-bond acceptors (Lipinski definition) is 6. The molecule has 0 unspecified atom stereocenters. The van der Waals surface area contributed by atoms with E-state index in [4.69, 9.17) is 10.9 Å². The fraction of sp³-hybridized carbons (Fsp3) is 0.500. The maximum Gasteiger partial charge on any atom is 0.209 e. The Morgan fingerprint density at radius 3 is 2.76 bits per heavy atom. The van der Waals surface area contributed by atoms with E-state index in [1.165, 1.54) is 0 Å². The lowest BCUT2D eigenvalue weighted by molar-refractivity contribution is 0.318. The summed E-state index contributed by atoms with van der Waals surface area (Å²) in [7, 11) is -3.26. The second-order valence-corrected chi connectivity index (χ2v) is 7.14. The third kappa shape index (κ3) is 6.52. The van der Waals surface area contributed by atoms with Crippen LogP contribution in [0.15, 0.2) is 23.5 Å². The van der Waals surface area contributed by atoms with Crippen LogP contribution in [0.5, 0.6) is 0 Å². The number of aromatic nitrogens is 1. The van der Waals surface area contributed by atoms with Gasteiger partial charge in [0.25, 0.3) is 0 Å². The summed E-state index contributed by atoms with van der Waals surface area (Å²) in [6.07, 6.45) is 2.69. The van der Waals surface area contributed by atoms with Gasteiger partial charge in [0.1, 0.15) is 5.69 Å². The van der Waals surface area contributed by atoms with Gasteiger partial charge in [-0.2, -0.15) is 0 Å². The average molecular weight is 315 g/mol. The van der Waals surface area contributed by atoms with Gasteiger partial charge in [-0.15, -0.1) is 0 Å². The zero-order valence-corrected chi connectivity index (χ0v) is 13.1. The molecule has 1 aromatic heterocycles. The number of amidine groups is 1. The Labute approximate surface area is 124 Å². The summed E-state index contributed by atoms with van der Waals surface area (Å²) in [5, 5.41) is 14.7. The van der Waals surface area contributed by atoms with E-state index in [2.05, 4.69) is 20.2 Å². The zero-order chi connectivity index (χ0) is 16.1. The minimum absolute atomic E-state index is 0.0593. The zero-order valence-electron chi connectivity index (χ0n) is 12.3. The molecule has 0 saturated carbocycles. The maximum absolute atomic E-state index is 11.2. The largest absolute Gasteiger partial charge is 0.409 e. The third-order valence-electron chi connectivity index (χ3n) is 2.55. The van der Waals surface area contributed by atoms with Gasteiger partial charge < -0.3 is 16.3 Å². The number of nitrogens with two attached hydrogens (primary N) is 1. The maximum atomic E-state index is 11.2. The Morgan fingerprint density at radius 2 is 2.19 bits per heavy atom. The van der Waals surface area contributed by atoms with E-state index in [0.717, 1.165) is 11.8 Å². The molecule has 21 heavy (non-hydrogen) atoms. The predicted octanol–water partition coefficient (Wildman–Crippen LogP) is -0.406. The van der Waals surface area contributed by atoms with Crippen molar-refractivity contribution < 1.29 is 13.6 Å². The predicted molar refractivity (Wildman–Crippen MR) is 80.5 cm³/mol. The Morgan fingerprint density at radius 1 is 1.52 bits per heavy atom. The molecule has 0 bridgehead atoms. The monoisotopic (exact) mass is 315 g/mol. The third-order valence-corrected chi connectivity index (χ3v) is 3.48. The first-order valence-corrected chi connectivity index (χ1v) is 8.14. The minimum Gasteiger partial charge on any atom is -0.409 e. The number of nitrogens with zero attached hydrogens (tertiary/aromatic N) is 2. The molecule has 0 aromatic carbocycles. The topological polar surface area (TPSA) is 130 Å². The van der Waals surface area contributed by atoms with Gasteiger partial charge >= 0.3 is 0 Å². The van der Waals surface area contributed by atoms with E-state index in [1.807, 2.05) is 0 Å². The van der Waals surface area contributed by atoms with Crippen molar-refractivity contribution in [3.63, 3.8) is 0 Å². The highest BCUT2D eigenvalue weighted by atomic mass is 32.2. The first-order valence-electron chi connectivity index (χ1n) is 6.25. The van der Waals surface area contributed by atoms with E-state index in [-0.39, 0.29) is 5.84 Å². The highest BCUT2D eigenvalue weighted by Gasteiger charge is 2.21. The molecule has 8 nitrogen and oxygen atoms in total. The van der Waals surface area contributed by atoms with Crippen LogP contribution in [-0.4, -0.2) is 42.8 Å². The molecule has 0 aliphatic rings. The van der Waals surface area contributed by atoms with Gasteiger partial charge in [0.2, 0.25) is 10.0 Å². The van der Waals surface area contributed by atoms with E-state index < -0.39 is 15.6 Å². The van der Waals surface area contributed by atoms with Crippen LogP contribution < -0.4 is 15.8 Å².